The normalized spacial score (nSPS) is 9.95. The molecule has 114 valence electrons. The molecule has 6 heteroatoms. The maximum absolute atomic E-state index is 11.5. The molecule has 21 heavy (non-hydrogen) atoms. The van der Waals surface area contributed by atoms with E-state index in [4.69, 9.17) is 10.00 Å². The molecule has 0 fully saturated rings. The SMILES string of the molecule is CCCNCc1ccc(OCC(=O)NCCC#N)c(Br)c1. The van der Waals surface area contributed by atoms with Crippen LogP contribution >= 0.6 is 15.9 Å². The number of rotatable bonds is 9. The van der Waals surface area contributed by atoms with E-state index in [1.165, 1.54) is 0 Å². The molecule has 1 aromatic carbocycles. The summed E-state index contributed by atoms with van der Waals surface area (Å²) in [5.74, 6) is 0.399. The minimum absolute atomic E-state index is 0.0581. The Balaban J connectivity index is 2.42. The molecular weight excluding hydrogens is 334 g/mol. The predicted octanol–water partition coefficient (Wildman–Crippen LogP) is 2.36. The van der Waals surface area contributed by atoms with Gasteiger partial charge in [-0.15, -0.1) is 0 Å². The van der Waals surface area contributed by atoms with Crippen LogP contribution in [0.4, 0.5) is 0 Å². The van der Waals surface area contributed by atoms with Gasteiger partial charge in [-0.2, -0.15) is 5.26 Å². The quantitative estimate of drug-likeness (QED) is 0.668. The summed E-state index contributed by atoms with van der Waals surface area (Å²) in [5.41, 5.74) is 1.15. The summed E-state index contributed by atoms with van der Waals surface area (Å²) in [4.78, 5) is 11.5. The van der Waals surface area contributed by atoms with Gasteiger partial charge in [0.1, 0.15) is 5.75 Å². The van der Waals surface area contributed by atoms with Gasteiger partial charge in [0.05, 0.1) is 17.0 Å². The van der Waals surface area contributed by atoms with Gasteiger partial charge in [-0.05, 0) is 46.6 Å². The molecule has 0 aliphatic heterocycles. The summed E-state index contributed by atoms with van der Waals surface area (Å²) in [7, 11) is 0. The van der Waals surface area contributed by atoms with Crippen molar-refractivity contribution < 1.29 is 9.53 Å². The van der Waals surface area contributed by atoms with Crippen molar-refractivity contribution in [3.8, 4) is 11.8 Å². The summed E-state index contributed by atoms with van der Waals surface area (Å²) in [6.45, 7) is 4.21. The van der Waals surface area contributed by atoms with E-state index < -0.39 is 0 Å². The molecule has 0 aliphatic rings. The number of carbonyl (C=O) groups excluding carboxylic acids is 1. The Morgan fingerprint density at radius 3 is 2.90 bits per heavy atom. The topological polar surface area (TPSA) is 74.2 Å². The Kier molecular flexibility index (Phi) is 8.48. The van der Waals surface area contributed by atoms with E-state index in [1.54, 1.807) is 0 Å². The second-order valence-corrected chi connectivity index (χ2v) is 5.34. The zero-order valence-electron chi connectivity index (χ0n) is 12.1. The maximum Gasteiger partial charge on any atom is 0.257 e. The average molecular weight is 354 g/mol. The van der Waals surface area contributed by atoms with Crippen LogP contribution < -0.4 is 15.4 Å². The van der Waals surface area contributed by atoms with Gasteiger partial charge < -0.3 is 15.4 Å². The van der Waals surface area contributed by atoms with Crippen LogP contribution in [-0.2, 0) is 11.3 Å². The van der Waals surface area contributed by atoms with Crippen LogP contribution in [-0.4, -0.2) is 25.6 Å². The van der Waals surface area contributed by atoms with Gasteiger partial charge >= 0.3 is 0 Å². The lowest BCUT2D eigenvalue weighted by Gasteiger charge is -2.10. The molecule has 2 N–H and O–H groups in total. The average Bonchev–Trinajstić information content (AvgIpc) is 2.47. The molecule has 0 unspecified atom stereocenters. The highest BCUT2D eigenvalue weighted by Gasteiger charge is 2.06. The summed E-state index contributed by atoms with van der Waals surface area (Å²) in [6.07, 6.45) is 1.40. The number of amides is 1. The van der Waals surface area contributed by atoms with Gasteiger partial charge in [0, 0.05) is 13.1 Å². The number of hydrogen-bond acceptors (Lipinski definition) is 4. The van der Waals surface area contributed by atoms with Gasteiger partial charge in [0.2, 0.25) is 0 Å². The van der Waals surface area contributed by atoms with Crippen molar-refractivity contribution in [3.05, 3.63) is 28.2 Å². The lowest BCUT2D eigenvalue weighted by molar-refractivity contribution is -0.123. The van der Waals surface area contributed by atoms with E-state index >= 15 is 0 Å². The highest BCUT2D eigenvalue weighted by Crippen LogP contribution is 2.25. The molecule has 1 rings (SSSR count). The smallest absolute Gasteiger partial charge is 0.257 e. The molecule has 1 aromatic rings. The van der Waals surface area contributed by atoms with Crippen LogP contribution in [0.15, 0.2) is 22.7 Å². The molecular formula is C15H20BrN3O2. The molecule has 5 nitrogen and oxygen atoms in total. The van der Waals surface area contributed by atoms with Crippen molar-refractivity contribution in [2.24, 2.45) is 0 Å². The number of hydrogen-bond donors (Lipinski definition) is 2. The minimum Gasteiger partial charge on any atom is -0.483 e. The molecule has 0 atom stereocenters. The predicted molar refractivity (Wildman–Crippen MR) is 84.9 cm³/mol. The number of halogens is 1. The largest absolute Gasteiger partial charge is 0.483 e. The number of carbonyl (C=O) groups is 1. The summed E-state index contributed by atoms with van der Waals surface area (Å²) in [6, 6.07) is 7.75. The van der Waals surface area contributed by atoms with Gasteiger partial charge in [-0.3, -0.25) is 4.79 Å². The van der Waals surface area contributed by atoms with E-state index in [0.29, 0.717) is 18.7 Å². The van der Waals surface area contributed by atoms with Crippen LogP contribution in [0.5, 0.6) is 5.75 Å². The molecule has 0 bridgehead atoms. The molecule has 1 amide bonds. The third-order valence-corrected chi connectivity index (χ3v) is 3.29. The van der Waals surface area contributed by atoms with E-state index in [-0.39, 0.29) is 12.5 Å². The lowest BCUT2D eigenvalue weighted by Crippen LogP contribution is -2.29. The van der Waals surface area contributed by atoms with Crippen LogP contribution in [0.1, 0.15) is 25.3 Å². The van der Waals surface area contributed by atoms with Crippen molar-refractivity contribution in [1.29, 1.82) is 5.26 Å². The van der Waals surface area contributed by atoms with E-state index in [2.05, 4.69) is 33.5 Å². The van der Waals surface area contributed by atoms with Gasteiger partial charge in [-0.1, -0.05) is 13.0 Å². The Morgan fingerprint density at radius 1 is 1.43 bits per heavy atom. The van der Waals surface area contributed by atoms with Crippen LogP contribution in [0.3, 0.4) is 0 Å². The lowest BCUT2D eigenvalue weighted by atomic mass is 10.2. The third kappa shape index (κ3) is 7.11. The highest BCUT2D eigenvalue weighted by atomic mass is 79.9. The van der Waals surface area contributed by atoms with Crippen molar-refractivity contribution in [2.75, 3.05) is 19.7 Å². The van der Waals surface area contributed by atoms with Crippen LogP contribution in [0.2, 0.25) is 0 Å². The number of nitriles is 1. The molecule has 0 spiro atoms. The second kappa shape index (κ2) is 10.2. The van der Waals surface area contributed by atoms with Crippen LogP contribution in [0, 0.1) is 11.3 Å². The maximum atomic E-state index is 11.5. The van der Waals surface area contributed by atoms with Gasteiger partial charge in [-0.25, -0.2) is 0 Å². The zero-order valence-corrected chi connectivity index (χ0v) is 13.7. The van der Waals surface area contributed by atoms with Crippen molar-refractivity contribution in [1.82, 2.24) is 10.6 Å². The van der Waals surface area contributed by atoms with E-state index in [0.717, 1.165) is 29.5 Å². The first-order valence-corrected chi connectivity index (χ1v) is 7.72. The molecule has 0 saturated heterocycles. The summed E-state index contributed by atoms with van der Waals surface area (Å²) >= 11 is 3.44. The Hall–Kier alpha value is -1.58. The fraction of sp³-hybridized carbons (Fsp3) is 0.467. The van der Waals surface area contributed by atoms with E-state index in [9.17, 15) is 4.79 Å². The molecule has 0 radical (unpaired) electrons. The third-order valence-electron chi connectivity index (χ3n) is 2.67. The molecule has 0 saturated carbocycles. The number of benzene rings is 1. The van der Waals surface area contributed by atoms with Crippen molar-refractivity contribution in [2.45, 2.75) is 26.3 Å². The van der Waals surface area contributed by atoms with Gasteiger partial charge in [0.15, 0.2) is 6.61 Å². The number of ether oxygens (including phenoxy) is 1. The number of nitrogens with one attached hydrogen (secondary N) is 2. The molecule has 0 aliphatic carbocycles. The Bertz CT molecular complexity index is 500. The van der Waals surface area contributed by atoms with Crippen molar-refractivity contribution >= 4 is 21.8 Å². The highest BCUT2D eigenvalue weighted by molar-refractivity contribution is 9.10. The number of nitrogens with zero attached hydrogens (tertiary/aromatic N) is 1. The first-order valence-electron chi connectivity index (χ1n) is 6.93. The fourth-order valence-corrected chi connectivity index (χ4v) is 2.17. The Morgan fingerprint density at radius 2 is 2.24 bits per heavy atom. The molecule has 0 aromatic heterocycles. The zero-order chi connectivity index (χ0) is 15.5. The monoisotopic (exact) mass is 353 g/mol. The van der Waals surface area contributed by atoms with E-state index in [1.807, 2.05) is 24.3 Å². The standard InChI is InChI=1S/C15H20BrN3O2/c1-2-7-18-10-12-4-5-14(13(16)9-12)21-11-15(20)19-8-3-6-17/h4-5,9,18H,2-3,7-8,10-11H2,1H3,(H,19,20). The Labute approximate surface area is 133 Å². The first kappa shape index (κ1) is 17.5. The van der Waals surface area contributed by atoms with Gasteiger partial charge in [0.25, 0.3) is 5.91 Å². The van der Waals surface area contributed by atoms with Crippen LogP contribution in [0.25, 0.3) is 0 Å². The summed E-state index contributed by atoms with van der Waals surface area (Å²) < 4.78 is 6.27. The van der Waals surface area contributed by atoms with Crippen molar-refractivity contribution in [3.63, 3.8) is 0 Å². The fourth-order valence-electron chi connectivity index (χ4n) is 1.63. The molecule has 0 heterocycles. The minimum atomic E-state index is -0.231. The first-order chi connectivity index (χ1) is 10.2. The summed E-state index contributed by atoms with van der Waals surface area (Å²) in [5, 5.41) is 14.3. The second-order valence-electron chi connectivity index (χ2n) is 4.49.